The summed E-state index contributed by atoms with van der Waals surface area (Å²) in [6.45, 7) is 6.07. The summed E-state index contributed by atoms with van der Waals surface area (Å²) in [6.07, 6.45) is 2.11. The second-order valence-corrected chi connectivity index (χ2v) is 4.23. The third kappa shape index (κ3) is 2.80. The van der Waals surface area contributed by atoms with Crippen LogP contribution in [0.3, 0.4) is 0 Å². The molecule has 0 heterocycles. The van der Waals surface area contributed by atoms with Gasteiger partial charge in [0.1, 0.15) is 5.82 Å². The van der Waals surface area contributed by atoms with Crippen molar-refractivity contribution in [1.29, 1.82) is 0 Å². The lowest BCUT2D eigenvalue weighted by molar-refractivity contribution is 0.345. The van der Waals surface area contributed by atoms with Crippen LogP contribution >= 0.6 is 0 Å². The van der Waals surface area contributed by atoms with Crippen molar-refractivity contribution in [2.24, 2.45) is 11.8 Å². The van der Waals surface area contributed by atoms with Crippen LogP contribution in [0.5, 0.6) is 0 Å². The fourth-order valence-electron chi connectivity index (χ4n) is 2.13. The first-order valence-corrected chi connectivity index (χ1v) is 5.86. The first-order valence-electron chi connectivity index (χ1n) is 5.86. The molecule has 1 unspecified atom stereocenters. The standard InChI is InChI=1S/C13H21FN2/c1-4-10(5-2)13(16-15)11-6-7-12(14)9(3)8-11/h6-8,10,13,16H,4-5,15H2,1-3H3. The third-order valence-electron chi connectivity index (χ3n) is 3.24. The Bertz CT molecular complexity index is 335. The summed E-state index contributed by atoms with van der Waals surface area (Å²) in [5.74, 6) is 5.92. The van der Waals surface area contributed by atoms with E-state index in [2.05, 4.69) is 19.3 Å². The van der Waals surface area contributed by atoms with E-state index in [-0.39, 0.29) is 11.9 Å². The molecule has 90 valence electrons. The van der Waals surface area contributed by atoms with E-state index >= 15 is 0 Å². The van der Waals surface area contributed by atoms with Crippen LogP contribution in [-0.2, 0) is 0 Å². The second kappa shape index (κ2) is 5.97. The highest BCUT2D eigenvalue weighted by Crippen LogP contribution is 2.27. The highest BCUT2D eigenvalue weighted by molar-refractivity contribution is 5.26. The van der Waals surface area contributed by atoms with E-state index in [1.54, 1.807) is 6.92 Å². The van der Waals surface area contributed by atoms with E-state index in [9.17, 15) is 4.39 Å². The molecule has 0 aliphatic carbocycles. The average molecular weight is 224 g/mol. The Morgan fingerprint density at radius 3 is 2.38 bits per heavy atom. The summed E-state index contributed by atoms with van der Waals surface area (Å²) >= 11 is 0. The van der Waals surface area contributed by atoms with Gasteiger partial charge in [-0.05, 0) is 30.0 Å². The normalized spacial score (nSPS) is 13.1. The Labute approximate surface area is 97.0 Å². The smallest absolute Gasteiger partial charge is 0.126 e. The van der Waals surface area contributed by atoms with Gasteiger partial charge in [0.15, 0.2) is 0 Å². The molecule has 0 radical (unpaired) electrons. The number of nitrogens with two attached hydrogens (primary N) is 1. The fraction of sp³-hybridized carbons (Fsp3) is 0.538. The number of halogens is 1. The minimum atomic E-state index is -0.163. The van der Waals surface area contributed by atoms with Gasteiger partial charge in [-0.25, -0.2) is 4.39 Å². The van der Waals surface area contributed by atoms with Gasteiger partial charge in [0.25, 0.3) is 0 Å². The topological polar surface area (TPSA) is 38.0 Å². The molecule has 3 N–H and O–H groups in total. The van der Waals surface area contributed by atoms with Crippen LogP contribution in [0.25, 0.3) is 0 Å². The monoisotopic (exact) mass is 224 g/mol. The zero-order valence-corrected chi connectivity index (χ0v) is 10.3. The van der Waals surface area contributed by atoms with Gasteiger partial charge in [0.2, 0.25) is 0 Å². The van der Waals surface area contributed by atoms with Gasteiger partial charge in [-0.3, -0.25) is 11.3 Å². The highest BCUT2D eigenvalue weighted by Gasteiger charge is 2.19. The molecule has 2 nitrogen and oxygen atoms in total. The second-order valence-electron chi connectivity index (χ2n) is 4.23. The van der Waals surface area contributed by atoms with Crippen molar-refractivity contribution >= 4 is 0 Å². The molecule has 0 aromatic heterocycles. The predicted octanol–water partition coefficient (Wildman–Crippen LogP) is 3.07. The number of hydrogen-bond donors (Lipinski definition) is 2. The Hall–Kier alpha value is -0.930. The number of benzene rings is 1. The van der Waals surface area contributed by atoms with Crippen LogP contribution in [0.4, 0.5) is 4.39 Å². The Morgan fingerprint density at radius 2 is 1.94 bits per heavy atom. The minimum Gasteiger partial charge on any atom is -0.271 e. The predicted molar refractivity (Wildman–Crippen MR) is 65.3 cm³/mol. The molecule has 1 atom stereocenters. The molecule has 0 aliphatic rings. The first-order chi connectivity index (χ1) is 7.63. The van der Waals surface area contributed by atoms with E-state index in [0.717, 1.165) is 18.4 Å². The molecule has 3 heteroatoms. The van der Waals surface area contributed by atoms with E-state index in [1.165, 1.54) is 6.07 Å². The Morgan fingerprint density at radius 1 is 1.31 bits per heavy atom. The van der Waals surface area contributed by atoms with Crippen LogP contribution in [0.2, 0.25) is 0 Å². The van der Waals surface area contributed by atoms with Crippen molar-refractivity contribution in [3.8, 4) is 0 Å². The van der Waals surface area contributed by atoms with Gasteiger partial charge in [-0.15, -0.1) is 0 Å². The SMILES string of the molecule is CCC(CC)C(NN)c1ccc(F)c(C)c1. The largest absolute Gasteiger partial charge is 0.271 e. The zero-order valence-electron chi connectivity index (χ0n) is 10.3. The van der Waals surface area contributed by atoms with Gasteiger partial charge in [0.05, 0.1) is 0 Å². The van der Waals surface area contributed by atoms with Gasteiger partial charge in [-0.1, -0.05) is 38.8 Å². The molecule has 0 fully saturated rings. The number of nitrogens with one attached hydrogen (secondary N) is 1. The Balaban J connectivity index is 2.98. The molecule has 0 amide bonds. The minimum absolute atomic E-state index is 0.106. The quantitative estimate of drug-likeness (QED) is 0.596. The summed E-state index contributed by atoms with van der Waals surface area (Å²) in [6, 6.07) is 5.30. The summed E-state index contributed by atoms with van der Waals surface area (Å²) in [7, 11) is 0. The molecule has 0 spiro atoms. The highest BCUT2D eigenvalue weighted by atomic mass is 19.1. The molecule has 0 bridgehead atoms. The van der Waals surface area contributed by atoms with Gasteiger partial charge in [-0.2, -0.15) is 0 Å². The van der Waals surface area contributed by atoms with Crippen molar-refractivity contribution in [1.82, 2.24) is 5.43 Å². The van der Waals surface area contributed by atoms with E-state index in [1.807, 2.05) is 12.1 Å². The van der Waals surface area contributed by atoms with Crippen LogP contribution in [0.15, 0.2) is 18.2 Å². The molecular formula is C13H21FN2. The summed E-state index contributed by atoms with van der Waals surface area (Å²) < 4.78 is 13.2. The third-order valence-corrected chi connectivity index (χ3v) is 3.24. The van der Waals surface area contributed by atoms with Crippen molar-refractivity contribution in [2.75, 3.05) is 0 Å². The lowest BCUT2D eigenvalue weighted by Crippen LogP contribution is -2.33. The average Bonchev–Trinajstić information content (AvgIpc) is 2.29. The first kappa shape index (κ1) is 13.1. The molecule has 0 aliphatic heterocycles. The Kier molecular flexibility index (Phi) is 4.90. The zero-order chi connectivity index (χ0) is 12.1. The maximum Gasteiger partial charge on any atom is 0.126 e. The van der Waals surface area contributed by atoms with Crippen LogP contribution < -0.4 is 11.3 Å². The molecular weight excluding hydrogens is 203 g/mol. The molecule has 0 saturated heterocycles. The maximum absolute atomic E-state index is 13.2. The number of hydrogen-bond acceptors (Lipinski definition) is 2. The molecule has 1 aromatic carbocycles. The summed E-state index contributed by atoms with van der Waals surface area (Å²) in [5.41, 5.74) is 4.58. The van der Waals surface area contributed by atoms with Gasteiger partial charge < -0.3 is 0 Å². The fourth-order valence-corrected chi connectivity index (χ4v) is 2.13. The number of hydrazine groups is 1. The summed E-state index contributed by atoms with van der Waals surface area (Å²) in [5, 5.41) is 0. The van der Waals surface area contributed by atoms with Crippen LogP contribution in [0, 0.1) is 18.7 Å². The molecule has 1 rings (SSSR count). The van der Waals surface area contributed by atoms with Crippen molar-refractivity contribution in [2.45, 2.75) is 39.7 Å². The molecule has 1 aromatic rings. The lowest BCUT2D eigenvalue weighted by atomic mass is 9.89. The lowest BCUT2D eigenvalue weighted by Gasteiger charge is -2.25. The van der Waals surface area contributed by atoms with E-state index < -0.39 is 0 Å². The number of rotatable bonds is 5. The molecule has 16 heavy (non-hydrogen) atoms. The van der Waals surface area contributed by atoms with Crippen molar-refractivity contribution in [3.05, 3.63) is 35.1 Å². The van der Waals surface area contributed by atoms with Gasteiger partial charge in [0, 0.05) is 6.04 Å². The van der Waals surface area contributed by atoms with Crippen LogP contribution in [-0.4, -0.2) is 0 Å². The van der Waals surface area contributed by atoms with Crippen molar-refractivity contribution < 1.29 is 4.39 Å². The summed E-state index contributed by atoms with van der Waals surface area (Å²) in [4.78, 5) is 0. The van der Waals surface area contributed by atoms with Gasteiger partial charge >= 0.3 is 0 Å². The van der Waals surface area contributed by atoms with Crippen molar-refractivity contribution in [3.63, 3.8) is 0 Å². The van der Waals surface area contributed by atoms with E-state index in [4.69, 9.17) is 5.84 Å². The van der Waals surface area contributed by atoms with E-state index in [0.29, 0.717) is 11.5 Å². The van der Waals surface area contributed by atoms with Crippen LogP contribution in [0.1, 0.15) is 43.9 Å². The molecule has 0 saturated carbocycles. The number of aryl methyl sites for hydroxylation is 1. The maximum atomic E-state index is 13.2.